The van der Waals surface area contributed by atoms with E-state index in [1.165, 1.54) is 19.3 Å². The first kappa shape index (κ1) is 11.4. The van der Waals surface area contributed by atoms with Gasteiger partial charge in [-0.15, -0.1) is 0 Å². The molecule has 0 saturated carbocycles. The largest absolute Gasteiger partial charge is 0.300 e. The van der Waals surface area contributed by atoms with Gasteiger partial charge in [0.1, 0.15) is 5.78 Å². The zero-order chi connectivity index (χ0) is 9.23. The molecule has 0 rings (SSSR count). The van der Waals surface area contributed by atoms with E-state index in [2.05, 4.69) is 19.1 Å². The summed E-state index contributed by atoms with van der Waals surface area (Å²) in [5.74, 6) is 0.303. The second-order valence-corrected chi connectivity index (χ2v) is 3.21. The van der Waals surface area contributed by atoms with E-state index in [9.17, 15) is 4.79 Å². The topological polar surface area (TPSA) is 17.1 Å². The van der Waals surface area contributed by atoms with Crippen LogP contribution in [0.3, 0.4) is 0 Å². The fraction of sp³-hybridized carbons (Fsp3) is 0.727. The molecule has 0 fully saturated rings. The third-order valence-corrected chi connectivity index (χ3v) is 1.79. The Hall–Kier alpha value is -0.590. The molecule has 70 valence electrons. The molecule has 0 spiro atoms. The van der Waals surface area contributed by atoms with Crippen molar-refractivity contribution in [1.29, 1.82) is 0 Å². The van der Waals surface area contributed by atoms with E-state index in [4.69, 9.17) is 0 Å². The minimum Gasteiger partial charge on any atom is -0.300 e. The van der Waals surface area contributed by atoms with Crippen molar-refractivity contribution in [2.24, 2.45) is 0 Å². The van der Waals surface area contributed by atoms with Crippen molar-refractivity contribution in [2.45, 2.75) is 52.4 Å². The summed E-state index contributed by atoms with van der Waals surface area (Å²) in [7, 11) is 0. The van der Waals surface area contributed by atoms with Crippen molar-refractivity contribution in [3.8, 4) is 0 Å². The molecular formula is C11H20O. The molecule has 0 radical (unpaired) electrons. The molecule has 0 aromatic rings. The highest BCUT2D eigenvalue weighted by molar-refractivity contribution is 5.75. The first-order valence-corrected chi connectivity index (χ1v) is 4.91. The number of hydrogen-bond donors (Lipinski definition) is 0. The molecular weight excluding hydrogens is 148 g/mol. The van der Waals surface area contributed by atoms with E-state index in [0.717, 1.165) is 19.3 Å². The van der Waals surface area contributed by atoms with Gasteiger partial charge in [-0.3, -0.25) is 0 Å². The molecule has 0 aliphatic heterocycles. The van der Waals surface area contributed by atoms with Gasteiger partial charge in [-0.2, -0.15) is 0 Å². The summed E-state index contributed by atoms with van der Waals surface area (Å²) in [4.78, 5) is 10.6. The van der Waals surface area contributed by atoms with Crippen molar-refractivity contribution in [3.05, 3.63) is 12.2 Å². The van der Waals surface area contributed by atoms with Crippen LogP contribution >= 0.6 is 0 Å². The highest BCUT2D eigenvalue weighted by Crippen LogP contribution is 2.00. The van der Waals surface area contributed by atoms with Crippen LogP contribution in [0.1, 0.15) is 52.4 Å². The number of ketones is 1. The first-order valence-electron chi connectivity index (χ1n) is 4.91. The maximum Gasteiger partial charge on any atom is 0.129 e. The molecule has 0 aromatic heterocycles. The van der Waals surface area contributed by atoms with Gasteiger partial charge >= 0.3 is 0 Å². The summed E-state index contributed by atoms with van der Waals surface area (Å²) in [5.41, 5.74) is 0. The molecule has 0 aliphatic rings. The number of allylic oxidation sites excluding steroid dienone is 2. The van der Waals surface area contributed by atoms with E-state index in [1.54, 1.807) is 6.92 Å². The average Bonchev–Trinajstić information content (AvgIpc) is 2.02. The van der Waals surface area contributed by atoms with Gasteiger partial charge in [0.05, 0.1) is 0 Å². The normalized spacial score (nSPS) is 10.8. The minimum absolute atomic E-state index is 0.303. The van der Waals surface area contributed by atoms with E-state index >= 15 is 0 Å². The van der Waals surface area contributed by atoms with Crippen molar-refractivity contribution >= 4 is 5.78 Å². The van der Waals surface area contributed by atoms with E-state index in [0.29, 0.717) is 5.78 Å². The number of hydrogen-bond acceptors (Lipinski definition) is 1. The Bertz CT molecular complexity index is 136. The molecule has 0 heterocycles. The maximum absolute atomic E-state index is 10.6. The average molecular weight is 168 g/mol. The van der Waals surface area contributed by atoms with Crippen LogP contribution in [0.4, 0.5) is 0 Å². The number of rotatable bonds is 7. The van der Waals surface area contributed by atoms with Crippen LogP contribution in [0, 0.1) is 0 Å². The summed E-state index contributed by atoms with van der Waals surface area (Å²) in [5, 5.41) is 0. The van der Waals surface area contributed by atoms with Crippen molar-refractivity contribution in [1.82, 2.24) is 0 Å². The highest BCUT2D eigenvalue weighted by atomic mass is 16.1. The van der Waals surface area contributed by atoms with Gasteiger partial charge in [0.25, 0.3) is 0 Å². The predicted octanol–water partition coefficient (Wildman–Crippen LogP) is 3.49. The molecule has 0 aliphatic carbocycles. The third kappa shape index (κ3) is 9.41. The SMILES string of the molecule is CCCC/C=C/CCCC(C)=O. The van der Waals surface area contributed by atoms with Crippen molar-refractivity contribution < 1.29 is 4.79 Å². The highest BCUT2D eigenvalue weighted by Gasteiger charge is 1.89. The summed E-state index contributed by atoms with van der Waals surface area (Å²) in [6.07, 6.45) is 11.0. The second kappa shape index (κ2) is 8.51. The van der Waals surface area contributed by atoms with Crippen molar-refractivity contribution in [2.75, 3.05) is 0 Å². The lowest BCUT2D eigenvalue weighted by atomic mass is 10.1. The Morgan fingerprint density at radius 2 is 1.75 bits per heavy atom. The van der Waals surface area contributed by atoms with Crippen LogP contribution < -0.4 is 0 Å². The molecule has 0 aromatic carbocycles. The molecule has 12 heavy (non-hydrogen) atoms. The van der Waals surface area contributed by atoms with Gasteiger partial charge in [0.2, 0.25) is 0 Å². The van der Waals surface area contributed by atoms with Crippen molar-refractivity contribution in [3.63, 3.8) is 0 Å². The monoisotopic (exact) mass is 168 g/mol. The molecule has 1 nitrogen and oxygen atoms in total. The predicted molar refractivity (Wildman–Crippen MR) is 53.2 cm³/mol. The minimum atomic E-state index is 0.303. The zero-order valence-electron chi connectivity index (χ0n) is 8.31. The van der Waals surface area contributed by atoms with Gasteiger partial charge in [0, 0.05) is 6.42 Å². The van der Waals surface area contributed by atoms with Crippen LogP contribution in [0.5, 0.6) is 0 Å². The second-order valence-electron chi connectivity index (χ2n) is 3.21. The quantitative estimate of drug-likeness (QED) is 0.420. The lowest BCUT2D eigenvalue weighted by molar-refractivity contribution is -0.117. The van der Waals surface area contributed by atoms with Gasteiger partial charge in [0.15, 0.2) is 0 Å². The van der Waals surface area contributed by atoms with Crippen LogP contribution in [-0.2, 0) is 4.79 Å². The number of carbonyl (C=O) groups excluding carboxylic acids is 1. The van der Waals surface area contributed by atoms with Gasteiger partial charge in [-0.05, 0) is 26.2 Å². The molecule has 1 heteroatoms. The van der Waals surface area contributed by atoms with E-state index in [-0.39, 0.29) is 0 Å². The lowest BCUT2D eigenvalue weighted by Crippen LogP contribution is -1.87. The van der Waals surface area contributed by atoms with Gasteiger partial charge in [-0.25, -0.2) is 0 Å². The fourth-order valence-electron chi connectivity index (χ4n) is 1.03. The molecule has 0 atom stereocenters. The molecule has 0 bridgehead atoms. The number of Topliss-reactive ketones (excluding diaryl/α,β-unsaturated/α-hetero) is 1. The maximum atomic E-state index is 10.6. The van der Waals surface area contributed by atoms with Crippen LogP contribution in [-0.4, -0.2) is 5.78 Å². The molecule has 0 unspecified atom stereocenters. The van der Waals surface area contributed by atoms with Gasteiger partial charge < -0.3 is 4.79 Å². The number of unbranched alkanes of at least 4 members (excludes halogenated alkanes) is 3. The fourth-order valence-corrected chi connectivity index (χ4v) is 1.03. The Balaban J connectivity index is 3.08. The third-order valence-electron chi connectivity index (χ3n) is 1.79. The Morgan fingerprint density at radius 3 is 2.25 bits per heavy atom. The Kier molecular flexibility index (Phi) is 8.09. The summed E-state index contributed by atoms with van der Waals surface area (Å²) < 4.78 is 0. The first-order chi connectivity index (χ1) is 5.77. The lowest BCUT2D eigenvalue weighted by Gasteiger charge is -1.91. The van der Waals surface area contributed by atoms with Crippen LogP contribution in [0.2, 0.25) is 0 Å². The summed E-state index contributed by atoms with van der Waals surface area (Å²) >= 11 is 0. The standard InChI is InChI=1S/C11H20O/c1-3-4-5-6-7-8-9-10-11(2)12/h6-7H,3-5,8-10H2,1-2H3/b7-6+. The summed E-state index contributed by atoms with van der Waals surface area (Å²) in [6.45, 7) is 3.85. The molecule has 0 saturated heterocycles. The molecule has 0 amide bonds. The zero-order valence-corrected chi connectivity index (χ0v) is 8.31. The van der Waals surface area contributed by atoms with E-state index < -0.39 is 0 Å². The Labute approximate surface area is 75.9 Å². The summed E-state index contributed by atoms with van der Waals surface area (Å²) in [6, 6.07) is 0. The molecule has 0 N–H and O–H groups in total. The van der Waals surface area contributed by atoms with E-state index in [1.807, 2.05) is 0 Å². The smallest absolute Gasteiger partial charge is 0.129 e. The van der Waals surface area contributed by atoms with Gasteiger partial charge in [-0.1, -0.05) is 31.9 Å². The Morgan fingerprint density at radius 1 is 1.17 bits per heavy atom. The number of carbonyl (C=O) groups is 1. The van der Waals surface area contributed by atoms with Crippen LogP contribution in [0.15, 0.2) is 12.2 Å². The van der Waals surface area contributed by atoms with Crippen LogP contribution in [0.25, 0.3) is 0 Å².